The van der Waals surface area contributed by atoms with Crippen LogP contribution in [0.15, 0.2) is 72.8 Å². The smallest absolute Gasteiger partial charge is 0.453 e. The summed E-state index contributed by atoms with van der Waals surface area (Å²) in [6, 6.07) is 23.9. The predicted molar refractivity (Wildman–Crippen MR) is 166 cm³/mol. The average molecular weight is 636 g/mol. The Balaban J connectivity index is 1.29. The number of alkyl halides is 5. The summed E-state index contributed by atoms with van der Waals surface area (Å²) in [7, 11) is 0.443. The number of ether oxygens (including phenoxy) is 1. The van der Waals surface area contributed by atoms with Gasteiger partial charge >= 0.3 is 12.1 Å². The van der Waals surface area contributed by atoms with Gasteiger partial charge in [0.15, 0.2) is 0 Å². The van der Waals surface area contributed by atoms with Gasteiger partial charge in [-0.2, -0.15) is 22.0 Å². The van der Waals surface area contributed by atoms with Gasteiger partial charge in [-0.25, -0.2) is 0 Å². The van der Waals surface area contributed by atoms with Crippen LogP contribution in [0.5, 0.6) is 11.5 Å². The van der Waals surface area contributed by atoms with Crippen LogP contribution in [0.2, 0.25) is 0 Å². The molecule has 1 aliphatic carbocycles. The van der Waals surface area contributed by atoms with E-state index in [9.17, 15) is 31.3 Å². The Bertz CT molecular complexity index is 1430. The van der Waals surface area contributed by atoms with Gasteiger partial charge in [0.25, 0.3) is 0 Å². The number of halogens is 5. The van der Waals surface area contributed by atoms with E-state index in [0.29, 0.717) is 26.1 Å². The number of hydrogen-bond donors (Lipinski definition) is 1. The molecule has 4 nitrogen and oxygen atoms in total. The number of aryl methyl sites for hydroxylation is 1. The zero-order valence-electron chi connectivity index (χ0n) is 24.7. The van der Waals surface area contributed by atoms with Crippen LogP contribution in [0.4, 0.5) is 22.0 Å². The number of aromatic hydroxyl groups is 1. The summed E-state index contributed by atoms with van der Waals surface area (Å²) >= 11 is 0. The molecule has 3 aromatic rings. The molecule has 4 rings (SSSR count). The molecule has 238 valence electrons. The monoisotopic (exact) mass is 635 g/mol. The Morgan fingerprint density at radius 2 is 1.57 bits per heavy atom. The average Bonchev–Trinajstić information content (AvgIpc) is 3.16. The van der Waals surface area contributed by atoms with E-state index in [-0.39, 0.29) is 17.3 Å². The molecule has 0 amide bonds. The fourth-order valence-electron chi connectivity index (χ4n) is 5.38. The number of benzene rings is 3. The maximum Gasteiger partial charge on any atom is 0.453 e. The summed E-state index contributed by atoms with van der Waals surface area (Å²) in [6.07, 6.45) is -4.04. The van der Waals surface area contributed by atoms with Crippen molar-refractivity contribution < 1.29 is 36.0 Å². The van der Waals surface area contributed by atoms with E-state index in [1.54, 1.807) is 6.07 Å². The highest BCUT2D eigenvalue weighted by molar-refractivity contribution is 7.84. The third-order valence-electron chi connectivity index (χ3n) is 7.73. The number of hydrogen-bond acceptors (Lipinski definition) is 4. The highest BCUT2D eigenvalue weighted by atomic mass is 32.2. The number of allylic oxidation sites excluding steroid dienone is 1. The lowest BCUT2D eigenvalue weighted by molar-refractivity contribution is -0.284. The predicted octanol–water partition coefficient (Wildman–Crippen LogP) is 8.11. The van der Waals surface area contributed by atoms with Crippen LogP contribution in [0.25, 0.3) is 11.1 Å². The van der Waals surface area contributed by atoms with Crippen LogP contribution in [-0.2, 0) is 17.2 Å². The summed E-state index contributed by atoms with van der Waals surface area (Å²) in [4.78, 5) is 2.00. The Morgan fingerprint density at radius 3 is 2.27 bits per heavy atom. The third-order valence-corrected chi connectivity index (χ3v) is 9.22. The van der Waals surface area contributed by atoms with Crippen molar-refractivity contribution in [2.75, 3.05) is 38.2 Å². The number of fused-ring (bicyclic) bond motifs is 1. The molecule has 0 fully saturated rings. The normalized spacial score (nSPS) is 14.8. The quantitative estimate of drug-likeness (QED) is 0.182. The molecule has 0 saturated carbocycles. The van der Waals surface area contributed by atoms with Gasteiger partial charge in [0, 0.05) is 35.3 Å². The van der Waals surface area contributed by atoms with E-state index in [4.69, 9.17) is 4.74 Å². The lowest BCUT2D eigenvalue weighted by atomic mass is 9.88. The van der Waals surface area contributed by atoms with E-state index in [1.165, 1.54) is 11.1 Å². The molecule has 0 spiro atoms. The molecule has 1 unspecified atom stereocenters. The molecule has 0 heterocycles. The van der Waals surface area contributed by atoms with E-state index in [0.717, 1.165) is 47.3 Å². The standard InChI is InChI=1S/C34H38F5NO3S/c1-40(19-7-23-44(42)22-6-18-33(35,36)34(37,38)39)20-21-43-29-15-12-26(13-16-29)32-30(25-8-3-2-4-9-25)11-5-10-27-24-28(41)14-17-31(27)32/h2-4,8-9,12-17,24,41H,5-7,10-11,18-23H2,1H3. The van der Waals surface area contributed by atoms with Gasteiger partial charge < -0.3 is 14.7 Å². The lowest BCUT2D eigenvalue weighted by Crippen LogP contribution is -2.36. The van der Waals surface area contributed by atoms with Crippen molar-refractivity contribution in [3.05, 3.63) is 95.1 Å². The van der Waals surface area contributed by atoms with Crippen LogP contribution in [0, 0.1) is 0 Å². The van der Waals surface area contributed by atoms with Crippen molar-refractivity contribution in [2.45, 2.75) is 50.6 Å². The number of nitrogens with zero attached hydrogens (tertiary/aromatic N) is 1. The molecule has 0 bridgehead atoms. The maximum absolute atomic E-state index is 13.0. The van der Waals surface area contributed by atoms with E-state index in [1.807, 2.05) is 54.4 Å². The van der Waals surface area contributed by atoms with Crippen LogP contribution in [0.3, 0.4) is 0 Å². The Kier molecular flexibility index (Phi) is 11.6. The Morgan fingerprint density at radius 1 is 0.864 bits per heavy atom. The fraction of sp³-hybridized carbons (Fsp3) is 0.412. The largest absolute Gasteiger partial charge is 0.508 e. The van der Waals surface area contributed by atoms with Crippen LogP contribution in [0.1, 0.15) is 54.4 Å². The number of phenolic OH excluding ortho intramolecular Hbond substituents is 1. The molecule has 3 aromatic carbocycles. The minimum Gasteiger partial charge on any atom is -0.508 e. The first-order valence-corrected chi connectivity index (χ1v) is 16.3. The molecule has 0 radical (unpaired) electrons. The highest BCUT2D eigenvalue weighted by Gasteiger charge is 2.56. The van der Waals surface area contributed by atoms with Crippen LogP contribution in [-0.4, -0.2) is 64.6 Å². The van der Waals surface area contributed by atoms with E-state index in [2.05, 4.69) is 24.3 Å². The molecular weight excluding hydrogens is 597 g/mol. The van der Waals surface area contributed by atoms with E-state index >= 15 is 0 Å². The molecule has 1 N–H and O–H groups in total. The van der Waals surface area contributed by atoms with E-state index < -0.39 is 35.7 Å². The minimum absolute atomic E-state index is 0.174. The summed E-state index contributed by atoms with van der Waals surface area (Å²) in [5, 5.41) is 10.1. The summed E-state index contributed by atoms with van der Waals surface area (Å²) < 4.78 is 80.7. The maximum atomic E-state index is 13.0. The van der Waals surface area contributed by atoms with Crippen molar-refractivity contribution in [3.8, 4) is 11.5 Å². The summed E-state index contributed by atoms with van der Waals surface area (Å²) in [5.74, 6) is -3.69. The van der Waals surface area contributed by atoms with Gasteiger partial charge in [0.2, 0.25) is 0 Å². The van der Waals surface area contributed by atoms with Gasteiger partial charge in [-0.3, -0.25) is 4.21 Å². The minimum atomic E-state index is -5.57. The molecule has 44 heavy (non-hydrogen) atoms. The zero-order chi connectivity index (χ0) is 31.7. The van der Waals surface area contributed by atoms with Crippen molar-refractivity contribution in [1.29, 1.82) is 0 Å². The summed E-state index contributed by atoms with van der Waals surface area (Å²) in [6.45, 7) is 1.62. The highest BCUT2D eigenvalue weighted by Crippen LogP contribution is 2.41. The molecule has 0 aliphatic heterocycles. The van der Waals surface area contributed by atoms with Gasteiger partial charge in [-0.05, 0) is 103 Å². The van der Waals surface area contributed by atoms with Crippen molar-refractivity contribution in [2.24, 2.45) is 0 Å². The van der Waals surface area contributed by atoms with Crippen molar-refractivity contribution in [1.82, 2.24) is 4.90 Å². The number of likely N-dealkylation sites (N-methyl/N-ethyl adjacent to an activating group) is 1. The first-order chi connectivity index (χ1) is 20.9. The number of rotatable bonds is 14. The Labute approximate surface area is 258 Å². The first-order valence-electron chi connectivity index (χ1n) is 14.8. The number of phenols is 1. The molecular formula is C34H38F5NO3S. The molecule has 1 aliphatic rings. The molecule has 0 aromatic heterocycles. The van der Waals surface area contributed by atoms with Gasteiger partial charge in [-0.15, -0.1) is 0 Å². The first kappa shape index (κ1) is 33.6. The van der Waals surface area contributed by atoms with Crippen molar-refractivity contribution in [3.63, 3.8) is 0 Å². The second-order valence-electron chi connectivity index (χ2n) is 11.1. The van der Waals surface area contributed by atoms with Gasteiger partial charge in [-0.1, -0.05) is 48.5 Å². The Hall–Kier alpha value is -3.24. The third kappa shape index (κ3) is 9.14. The molecule has 1 atom stereocenters. The van der Waals surface area contributed by atoms with Gasteiger partial charge in [0.1, 0.15) is 18.1 Å². The van der Waals surface area contributed by atoms with Crippen LogP contribution >= 0.6 is 0 Å². The lowest BCUT2D eigenvalue weighted by Gasteiger charge is -2.19. The van der Waals surface area contributed by atoms with Gasteiger partial charge in [0.05, 0.1) is 0 Å². The molecule has 0 saturated heterocycles. The molecule has 10 heteroatoms. The topological polar surface area (TPSA) is 49.8 Å². The fourth-order valence-corrected chi connectivity index (χ4v) is 6.50. The SMILES string of the molecule is CN(CCCS(=O)CCCC(F)(F)C(F)(F)F)CCOc1ccc(C2=C(c3ccccc3)CCCc3cc(O)ccc32)cc1. The van der Waals surface area contributed by atoms with Crippen molar-refractivity contribution >= 4 is 21.9 Å². The van der Waals surface area contributed by atoms with Crippen LogP contribution < -0.4 is 4.74 Å². The zero-order valence-corrected chi connectivity index (χ0v) is 25.5. The second-order valence-corrected chi connectivity index (χ2v) is 12.8. The summed E-state index contributed by atoms with van der Waals surface area (Å²) in [5.41, 5.74) is 6.92. The second kappa shape index (κ2) is 15.2.